The van der Waals surface area contributed by atoms with Crippen molar-refractivity contribution in [2.24, 2.45) is 0 Å². The maximum Gasteiger partial charge on any atom is 0.212 e. The maximum atomic E-state index is 2.34. The summed E-state index contributed by atoms with van der Waals surface area (Å²) in [4.78, 5) is 0. The third-order valence-corrected chi connectivity index (χ3v) is 3.63. The van der Waals surface area contributed by atoms with E-state index >= 15 is 0 Å². The SMILES string of the molecule is Cc1cc[n+](CCc2ccccc2)c2ccccc12. The predicted molar refractivity (Wildman–Crippen MR) is 79.0 cm³/mol. The van der Waals surface area contributed by atoms with Crippen molar-refractivity contribution in [3.63, 3.8) is 0 Å². The van der Waals surface area contributed by atoms with E-state index in [1.54, 1.807) is 0 Å². The van der Waals surface area contributed by atoms with Crippen molar-refractivity contribution in [3.05, 3.63) is 78.0 Å². The molecule has 0 atom stereocenters. The zero-order valence-electron chi connectivity index (χ0n) is 11.2. The largest absolute Gasteiger partial charge is 0.212 e. The summed E-state index contributed by atoms with van der Waals surface area (Å²) in [6.45, 7) is 3.19. The fourth-order valence-corrected chi connectivity index (χ4v) is 2.52. The second kappa shape index (κ2) is 5.23. The summed E-state index contributed by atoms with van der Waals surface area (Å²) in [6, 6.07) is 21.5. The van der Waals surface area contributed by atoms with Crippen molar-refractivity contribution < 1.29 is 4.57 Å². The summed E-state index contributed by atoms with van der Waals surface area (Å²) >= 11 is 0. The number of aryl methyl sites for hydroxylation is 3. The molecule has 0 unspecified atom stereocenters. The quantitative estimate of drug-likeness (QED) is 0.623. The molecule has 94 valence electrons. The summed E-state index contributed by atoms with van der Waals surface area (Å²) in [6.07, 6.45) is 3.26. The van der Waals surface area contributed by atoms with E-state index in [4.69, 9.17) is 0 Å². The van der Waals surface area contributed by atoms with Crippen LogP contribution in [0.3, 0.4) is 0 Å². The summed E-state index contributed by atoms with van der Waals surface area (Å²) in [7, 11) is 0. The van der Waals surface area contributed by atoms with Gasteiger partial charge in [-0.1, -0.05) is 42.5 Å². The highest BCUT2D eigenvalue weighted by Gasteiger charge is 2.09. The number of pyridine rings is 1. The average molecular weight is 248 g/mol. The normalized spacial score (nSPS) is 10.8. The van der Waals surface area contributed by atoms with Gasteiger partial charge in [0.15, 0.2) is 12.7 Å². The first kappa shape index (κ1) is 11.9. The second-order valence-electron chi connectivity index (χ2n) is 4.94. The fourth-order valence-electron chi connectivity index (χ4n) is 2.52. The number of hydrogen-bond acceptors (Lipinski definition) is 0. The lowest BCUT2D eigenvalue weighted by molar-refractivity contribution is -0.670. The average Bonchev–Trinajstić information content (AvgIpc) is 2.48. The third-order valence-electron chi connectivity index (χ3n) is 3.63. The van der Waals surface area contributed by atoms with Gasteiger partial charge in [0.25, 0.3) is 0 Å². The summed E-state index contributed by atoms with van der Waals surface area (Å²) in [5, 5.41) is 1.35. The van der Waals surface area contributed by atoms with Gasteiger partial charge in [-0.05, 0) is 24.1 Å². The maximum absolute atomic E-state index is 2.34. The monoisotopic (exact) mass is 248 g/mol. The van der Waals surface area contributed by atoms with Crippen LogP contribution in [0.15, 0.2) is 66.9 Å². The van der Waals surface area contributed by atoms with Crippen LogP contribution in [0.1, 0.15) is 11.1 Å². The molecular weight excluding hydrogens is 230 g/mol. The molecule has 0 saturated heterocycles. The zero-order valence-corrected chi connectivity index (χ0v) is 11.2. The molecule has 0 aliphatic heterocycles. The van der Waals surface area contributed by atoms with Crippen molar-refractivity contribution >= 4 is 10.9 Å². The Morgan fingerprint density at radius 2 is 1.58 bits per heavy atom. The predicted octanol–water partition coefficient (Wildman–Crippen LogP) is 3.68. The van der Waals surface area contributed by atoms with Gasteiger partial charge in [-0.15, -0.1) is 0 Å². The zero-order chi connectivity index (χ0) is 13.1. The number of nitrogens with zero attached hydrogens (tertiary/aromatic N) is 1. The van der Waals surface area contributed by atoms with Crippen LogP contribution in [-0.4, -0.2) is 0 Å². The standard InChI is InChI=1S/C18H18N/c1-15-11-13-19(18-10-6-5-9-17(15)18)14-12-16-7-3-2-4-8-16/h2-11,13H,12,14H2,1H3/q+1. The smallest absolute Gasteiger partial charge is 0.198 e. The molecule has 1 nitrogen and oxygen atoms in total. The lowest BCUT2D eigenvalue weighted by Crippen LogP contribution is -2.35. The molecule has 0 fully saturated rings. The van der Waals surface area contributed by atoms with Gasteiger partial charge in [-0.2, -0.15) is 4.57 Å². The molecule has 0 bridgehead atoms. The lowest BCUT2D eigenvalue weighted by atomic mass is 10.1. The highest BCUT2D eigenvalue weighted by atomic mass is 14.9. The molecule has 3 rings (SSSR count). The minimum absolute atomic E-state index is 1.02. The Hall–Kier alpha value is -2.15. The number of rotatable bonds is 3. The Morgan fingerprint density at radius 1 is 0.842 bits per heavy atom. The Bertz CT molecular complexity index is 686. The Kier molecular flexibility index (Phi) is 3.28. The first-order valence-electron chi connectivity index (χ1n) is 6.76. The van der Waals surface area contributed by atoms with Crippen LogP contribution in [0.2, 0.25) is 0 Å². The molecule has 0 amide bonds. The summed E-state index contributed by atoms with van der Waals surface area (Å²) in [5.74, 6) is 0. The number of para-hydroxylation sites is 1. The number of hydrogen-bond donors (Lipinski definition) is 0. The highest BCUT2D eigenvalue weighted by Crippen LogP contribution is 2.13. The molecule has 0 aliphatic carbocycles. The van der Waals surface area contributed by atoms with Gasteiger partial charge in [-0.25, -0.2) is 0 Å². The Morgan fingerprint density at radius 3 is 2.42 bits per heavy atom. The van der Waals surface area contributed by atoms with Gasteiger partial charge < -0.3 is 0 Å². The first-order valence-corrected chi connectivity index (χ1v) is 6.76. The summed E-state index contributed by atoms with van der Waals surface area (Å²) < 4.78 is 2.34. The molecule has 2 aromatic carbocycles. The topological polar surface area (TPSA) is 3.88 Å². The van der Waals surface area contributed by atoms with Gasteiger partial charge in [0.2, 0.25) is 5.52 Å². The number of benzene rings is 2. The van der Waals surface area contributed by atoms with E-state index in [9.17, 15) is 0 Å². The van der Waals surface area contributed by atoms with Gasteiger partial charge in [-0.3, -0.25) is 0 Å². The van der Waals surface area contributed by atoms with E-state index in [0.29, 0.717) is 0 Å². The molecule has 1 aromatic heterocycles. The molecule has 0 aliphatic rings. The van der Waals surface area contributed by atoms with Crippen molar-refractivity contribution in [3.8, 4) is 0 Å². The Labute approximate surface area is 114 Å². The van der Waals surface area contributed by atoms with Crippen molar-refractivity contribution in [2.45, 2.75) is 19.9 Å². The van der Waals surface area contributed by atoms with E-state index < -0.39 is 0 Å². The molecule has 0 N–H and O–H groups in total. The third kappa shape index (κ3) is 2.50. The minimum Gasteiger partial charge on any atom is -0.198 e. The van der Waals surface area contributed by atoms with E-state index in [1.165, 1.54) is 22.0 Å². The Balaban J connectivity index is 1.91. The van der Waals surface area contributed by atoms with Crippen LogP contribution in [0, 0.1) is 6.92 Å². The van der Waals surface area contributed by atoms with Crippen LogP contribution in [0.5, 0.6) is 0 Å². The lowest BCUT2D eigenvalue weighted by Gasteiger charge is -2.04. The highest BCUT2D eigenvalue weighted by molar-refractivity contribution is 5.78. The van der Waals surface area contributed by atoms with Crippen LogP contribution in [0.25, 0.3) is 10.9 Å². The van der Waals surface area contributed by atoms with E-state index in [2.05, 4.69) is 78.4 Å². The van der Waals surface area contributed by atoms with Crippen molar-refractivity contribution in [2.75, 3.05) is 0 Å². The van der Waals surface area contributed by atoms with Crippen molar-refractivity contribution in [1.29, 1.82) is 0 Å². The first-order chi connectivity index (χ1) is 9.34. The second-order valence-corrected chi connectivity index (χ2v) is 4.94. The summed E-state index contributed by atoms with van der Waals surface area (Å²) in [5.41, 5.74) is 4.05. The molecular formula is C18H18N+. The van der Waals surface area contributed by atoms with Gasteiger partial charge in [0, 0.05) is 23.9 Å². The van der Waals surface area contributed by atoms with E-state index in [1.807, 2.05) is 0 Å². The van der Waals surface area contributed by atoms with Gasteiger partial charge in [0.1, 0.15) is 0 Å². The van der Waals surface area contributed by atoms with Crippen molar-refractivity contribution in [1.82, 2.24) is 0 Å². The van der Waals surface area contributed by atoms with Gasteiger partial charge in [0.05, 0.1) is 0 Å². The van der Waals surface area contributed by atoms with E-state index in [0.717, 1.165) is 13.0 Å². The molecule has 0 spiro atoms. The van der Waals surface area contributed by atoms with Crippen LogP contribution in [0.4, 0.5) is 0 Å². The number of aromatic nitrogens is 1. The molecule has 3 aromatic rings. The molecule has 0 radical (unpaired) electrons. The van der Waals surface area contributed by atoms with Crippen LogP contribution >= 0.6 is 0 Å². The molecule has 0 saturated carbocycles. The molecule has 1 heteroatoms. The van der Waals surface area contributed by atoms with Gasteiger partial charge >= 0.3 is 0 Å². The molecule has 1 heterocycles. The van der Waals surface area contributed by atoms with E-state index in [-0.39, 0.29) is 0 Å². The van der Waals surface area contributed by atoms with Crippen LogP contribution < -0.4 is 4.57 Å². The minimum atomic E-state index is 1.02. The molecule has 19 heavy (non-hydrogen) atoms. The fraction of sp³-hybridized carbons (Fsp3) is 0.167. The number of fused-ring (bicyclic) bond motifs is 1. The van der Waals surface area contributed by atoms with Crippen LogP contribution in [-0.2, 0) is 13.0 Å².